The number of benzene rings is 2. The van der Waals surface area contributed by atoms with E-state index in [4.69, 9.17) is 4.74 Å². The number of carbonyl (C=O) groups excluding carboxylic acids is 2. The molecule has 1 unspecified atom stereocenters. The highest BCUT2D eigenvalue weighted by Gasteiger charge is 2.27. The summed E-state index contributed by atoms with van der Waals surface area (Å²) in [7, 11) is -2.17. The summed E-state index contributed by atoms with van der Waals surface area (Å²) in [6.45, 7) is 4.43. The molecule has 0 spiro atoms. The summed E-state index contributed by atoms with van der Waals surface area (Å²) in [6, 6.07) is 11.4. The lowest BCUT2D eigenvalue weighted by Crippen LogP contribution is -2.15. The van der Waals surface area contributed by atoms with Crippen molar-refractivity contribution in [2.75, 3.05) is 7.11 Å². The molecule has 5 nitrogen and oxygen atoms in total. The minimum Gasteiger partial charge on any atom is -0.496 e. The van der Waals surface area contributed by atoms with Gasteiger partial charge in [0.15, 0.2) is 21.4 Å². The molecule has 0 saturated carbocycles. The van der Waals surface area contributed by atoms with Crippen LogP contribution in [-0.2, 0) is 15.6 Å². The molecule has 0 saturated heterocycles. The van der Waals surface area contributed by atoms with Gasteiger partial charge in [-0.3, -0.25) is 9.59 Å². The van der Waals surface area contributed by atoms with E-state index < -0.39 is 15.1 Å². The fraction of sp³-hybridized carbons (Fsp3) is 0.300. The average molecular weight is 374 g/mol. The molecule has 0 aliphatic rings. The fourth-order valence-corrected chi connectivity index (χ4v) is 4.31. The van der Waals surface area contributed by atoms with Gasteiger partial charge in [0.25, 0.3) is 0 Å². The lowest BCUT2D eigenvalue weighted by molar-refractivity contribution is 0.100. The van der Waals surface area contributed by atoms with Crippen LogP contribution in [0.25, 0.3) is 0 Å². The average Bonchev–Trinajstić information content (AvgIpc) is 2.60. The number of Topliss-reactive ketones (excluding diaryl/α,β-unsaturated/α-hetero) is 2. The Morgan fingerprint density at radius 1 is 1.04 bits per heavy atom. The molecule has 0 heterocycles. The molecule has 2 rings (SSSR count). The minimum absolute atomic E-state index is 0.124. The SMILES string of the molecule is COc1cc(C(C)=O)ccc1C(C)S(=O)(=O)Cc1ccccc1C(C)=O. The Balaban J connectivity index is 2.41. The second-order valence-electron chi connectivity index (χ2n) is 6.18. The molecule has 0 bridgehead atoms. The number of methoxy groups -OCH3 is 1. The molecule has 0 aromatic heterocycles. The van der Waals surface area contributed by atoms with Crippen molar-refractivity contribution in [3.8, 4) is 5.75 Å². The molecule has 1 atom stereocenters. The van der Waals surface area contributed by atoms with E-state index in [1.54, 1.807) is 49.4 Å². The van der Waals surface area contributed by atoms with Crippen LogP contribution in [0, 0.1) is 0 Å². The first-order chi connectivity index (χ1) is 12.2. The molecule has 0 amide bonds. The van der Waals surface area contributed by atoms with Crippen molar-refractivity contribution in [2.45, 2.75) is 31.8 Å². The molecule has 0 fully saturated rings. The van der Waals surface area contributed by atoms with Crippen molar-refractivity contribution in [3.63, 3.8) is 0 Å². The maximum atomic E-state index is 12.9. The molecular weight excluding hydrogens is 352 g/mol. The van der Waals surface area contributed by atoms with E-state index in [1.807, 2.05) is 0 Å². The van der Waals surface area contributed by atoms with Crippen LogP contribution in [0.15, 0.2) is 42.5 Å². The normalized spacial score (nSPS) is 12.5. The van der Waals surface area contributed by atoms with E-state index in [0.29, 0.717) is 28.0 Å². The summed E-state index contributed by atoms with van der Waals surface area (Å²) in [6.07, 6.45) is 0. The third kappa shape index (κ3) is 4.19. The third-order valence-electron chi connectivity index (χ3n) is 4.37. The zero-order valence-corrected chi connectivity index (χ0v) is 16.1. The highest BCUT2D eigenvalue weighted by atomic mass is 32.2. The van der Waals surface area contributed by atoms with Crippen LogP contribution < -0.4 is 4.74 Å². The third-order valence-corrected chi connectivity index (χ3v) is 6.41. The zero-order chi connectivity index (χ0) is 19.5. The molecule has 2 aromatic carbocycles. The highest BCUT2D eigenvalue weighted by Crippen LogP contribution is 2.33. The van der Waals surface area contributed by atoms with Gasteiger partial charge >= 0.3 is 0 Å². The summed E-state index contributed by atoms with van der Waals surface area (Å²) in [5.74, 6) is -0.192. The Morgan fingerprint density at radius 3 is 2.27 bits per heavy atom. The van der Waals surface area contributed by atoms with E-state index in [1.165, 1.54) is 21.0 Å². The molecule has 0 N–H and O–H groups in total. The van der Waals surface area contributed by atoms with E-state index in [2.05, 4.69) is 0 Å². The molecule has 2 aromatic rings. The first-order valence-electron chi connectivity index (χ1n) is 8.16. The number of sulfone groups is 1. The predicted molar refractivity (Wildman–Crippen MR) is 100 cm³/mol. The van der Waals surface area contributed by atoms with Gasteiger partial charge in [0.2, 0.25) is 0 Å². The van der Waals surface area contributed by atoms with Crippen molar-refractivity contribution in [1.29, 1.82) is 0 Å². The summed E-state index contributed by atoms with van der Waals surface area (Å²) >= 11 is 0. The van der Waals surface area contributed by atoms with Crippen LogP contribution in [0.4, 0.5) is 0 Å². The molecule has 138 valence electrons. The smallest absolute Gasteiger partial charge is 0.161 e. The van der Waals surface area contributed by atoms with Crippen LogP contribution in [0.3, 0.4) is 0 Å². The largest absolute Gasteiger partial charge is 0.496 e. The minimum atomic E-state index is -3.61. The summed E-state index contributed by atoms with van der Waals surface area (Å²) in [5, 5.41) is -0.849. The Labute approximate surface area is 153 Å². The Kier molecular flexibility index (Phi) is 5.97. The standard InChI is InChI=1S/C20H22O5S/c1-13(21)16-9-10-19(20(11-16)25-4)15(3)26(23,24)12-17-7-5-6-8-18(17)14(2)22/h5-11,15H,12H2,1-4H3. The second-order valence-corrected chi connectivity index (χ2v) is 8.50. The zero-order valence-electron chi connectivity index (χ0n) is 15.3. The topological polar surface area (TPSA) is 77.5 Å². The number of hydrogen-bond donors (Lipinski definition) is 0. The molecule has 0 aliphatic heterocycles. The lowest BCUT2D eigenvalue weighted by atomic mass is 10.1. The molecular formula is C20H22O5S. The Bertz CT molecular complexity index is 944. The monoisotopic (exact) mass is 374 g/mol. The maximum absolute atomic E-state index is 12.9. The maximum Gasteiger partial charge on any atom is 0.161 e. The molecule has 6 heteroatoms. The Morgan fingerprint density at radius 2 is 1.69 bits per heavy atom. The van der Waals surface area contributed by atoms with Gasteiger partial charge in [-0.1, -0.05) is 36.4 Å². The first-order valence-corrected chi connectivity index (χ1v) is 9.88. The van der Waals surface area contributed by atoms with Crippen LogP contribution >= 0.6 is 0 Å². The molecule has 26 heavy (non-hydrogen) atoms. The van der Waals surface area contributed by atoms with Gasteiger partial charge in [-0.25, -0.2) is 8.42 Å². The number of hydrogen-bond acceptors (Lipinski definition) is 5. The summed E-state index contributed by atoms with van der Waals surface area (Å²) in [5.41, 5.74) is 1.82. The fourth-order valence-electron chi connectivity index (χ4n) is 2.79. The molecule has 0 aliphatic carbocycles. The van der Waals surface area contributed by atoms with Gasteiger partial charge < -0.3 is 4.74 Å². The van der Waals surface area contributed by atoms with Gasteiger partial charge in [0.1, 0.15) is 5.75 Å². The van der Waals surface area contributed by atoms with Gasteiger partial charge in [0.05, 0.1) is 18.1 Å². The van der Waals surface area contributed by atoms with E-state index in [0.717, 1.165) is 0 Å². The van der Waals surface area contributed by atoms with Gasteiger partial charge in [-0.15, -0.1) is 0 Å². The Hall–Kier alpha value is -2.47. The van der Waals surface area contributed by atoms with Crippen LogP contribution in [0.5, 0.6) is 5.75 Å². The first kappa shape index (κ1) is 19.8. The van der Waals surface area contributed by atoms with E-state index in [9.17, 15) is 18.0 Å². The van der Waals surface area contributed by atoms with Crippen molar-refractivity contribution in [1.82, 2.24) is 0 Å². The quantitative estimate of drug-likeness (QED) is 0.689. The second kappa shape index (κ2) is 7.83. The highest BCUT2D eigenvalue weighted by molar-refractivity contribution is 7.90. The van der Waals surface area contributed by atoms with Crippen molar-refractivity contribution >= 4 is 21.4 Å². The summed E-state index contributed by atoms with van der Waals surface area (Å²) < 4.78 is 31.2. The van der Waals surface area contributed by atoms with E-state index in [-0.39, 0.29) is 17.3 Å². The van der Waals surface area contributed by atoms with Crippen molar-refractivity contribution < 1.29 is 22.7 Å². The van der Waals surface area contributed by atoms with Crippen LogP contribution in [-0.4, -0.2) is 27.1 Å². The number of carbonyl (C=O) groups is 2. The van der Waals surface area contributed by atoms with Gasteiger partial charge in [0, 0.05) is 16.7 Å². The van der Waals surface area contributed by atoms with Gasteiger partial charge in [-0.05, 0) is 32.4 Å². The molecule has 0 radical (unpaired) electrons. The number of ketones is 2. The van der Waals surface area contributed by atoms with Crippen LogP contribution in [0.1, 0.15) is 57.9 Å². The van der Waals surface area contributed by atoms with E-state index >= 15 is 0 Å². The predicted octanol–water partition coefficient (Wildman–Crippen LogP) is 3.78. The number of ether oxygens (including phenoxy) is 1. The van der Waals surface area contributed by atoms with Crippen molar-refractivity contribution in [3.05, 3.63) is 64.7 Å². The van der Waals surface area contributed by atoms with Crippen LogP contribution in [0.2, 0.25) is 0 Å². The summed E-state index contributed by atoms with van der Waals surface area (Å²) in [4.78, 5) is 23.3. The van der Waals surface area contributed by atoms with Gasteiger partial charge in [-0.2, -0.15) is 0 Å². The lowest BCUT2D eigenvalue weighted by Gasteiger charge is -2.18. The number of rotatable bonds is 7. The van der Waals surface area contributed by atoms with Crippen molar-refractivity contribution in [2.24, 2.45) is 0 Å².